The van der Waals surface area contributed by atoms with Crippen molar-refractivity contribution in [1.82, 2.24) is 4.98 Å². The van der Waals surface area contributed by atoms with Crippen molar-refractivity contribution in [2.45, 2.75) is 31.8 Å². The minimum atomic E-state index is -2.83. The quantitative estimate of drug-likeness (QED) is 0.798. The Morgan fingerprint density at radius 3 is 3.00 bits per heavy atom. The van der Waals surface area contributed by atoms with E-state index in [0.717, 1.165) is 30.4 Å². The average Bonchev–Trinajstić information content (AvgIpc) is 2.61. The first-order valence-electron chi connectivity index (χ1n) is 8.22. The first-order valence-corrected chi connectivity index (χ1v) is 8.22. The lowest BCUT2D eigenvalue weighted by atomic mass is 9.83. The highest BCUT2D eigenvalue weighted by atomic mass is 19.3. The summed E-state index contributed by atoms with van der Waals surface area (Å²) in [5, 5.41) is 12.1. The zero-order chi connectivity index (χ0) is 18.5. The zero-order valence-corrected chi connectivity index (χ0v) is 13.9. The van der Waals surface area contributed by atoms with Crippen LogP contribution in [0.4, 0.5) is 14.5 Å². The van der Waals surface area contributed by atoms with Gasteiger partial charge >= 0.3 is 12.6 Å². The molecule has 3 rings (SSSR count). The molecule has 136 valence electrons. The third-order valence-corrected chi connectivity index (χ3v) is 4.32. The molecule has 2 aromatic rings. The number of halogens is 2. The highest BCUT2D eigenvalue weighted by Gasteiger charge is 2.19. The third-order valence-electron chi connectivity index (χ3n) is 4.32. The van der Waals surface area contributed by atoms with Crippen LogP contribution in [0.1, 0.15) is 40.2 Å². The number of ether oxygens (including phenoxy) is 1. The molecule has 0 saturated heterocycles. The molecule has 0 radical (unpaired) electrons. The molecule has 1 unspecified atom stereocenters. The second-order valence-electron chi connectivity index (χ2n) is 5.97. The summed E-state index contributed by atoms with van der Waals surface area (Å²) in [7, 11) is 0. The minimum Gasteiger partial charge on any atom is -0.478 e. The number of pyridine rings is 1. The average molecular weight is 360 g/mol. The maximum atomic E-state index is 12.4. The summed E-state index contributed by atoms with van der Waals surface area (Å²) in [5.41, 5.74) is 2.62. The molecular weight excluding hydrogens is 342 g/mol. The largest absolute Gasteiger partial charge is 0.478 e. The summed E-state index contributed by atoms with van der Waals surface area (Å²) >= 11 is 0. The molecule has 0 bridgehead atoms. The monoisotopic (exact) mass is 360 g/mol. The van der Waals surface area contributed by atoms with Crippen molar-refractivity contribution in [2.24, 2.45) is 0 Å². The second kappa shape index (κ2) is 7.95. The van der Waals surface area contributed by atoms with Gasteiger partial charge in [0.2, 0.25) is 0 Å². The van der Waals surface area contributed by atoms with E-state index in [4.69, 9.17) is 0 Å². The highest BCUT2D eigenvalue weighted by Crippen LogP contribution is 2.35. The number of aromatic carboxylic acids is 1. The molecule has 7 heteroatoms. The van der Waals surface area contributed by atoms with Crippen LogP contribution in [0.2, 0.25) is 0 Å². The van der Waals surface area contributed by atoms with Gasteiger partial charge in [0.15, 0.2) is 0 Å². The molecule has 1 aromatic carbocycles. The number of carboxylic acid groups (broad SMARTS) is 1. The topological polar surface area (TPSA) is 71.5 Å². The molecular formula is C19H18F2N2O3. The maximum Gasteiger partial charge on any atom is 0.387 e. The molecule has 0 spiro atoms. The number of benzene rings is 1. The van der Waals surface area contributed by atoms with Gasteiger partial charge in [0.1, 0.15) is 5.75 Å². The van der Waals surface area contributed by atoms with Crippen LogP contribution in [0.3, 0.4) is 0 Å². The summed E-state index contributed by atoms with van der Waals surface area (Å²) < 4.78 is 29.2. The number of allylic oxidation sites excluding steroid dienone is 1. The van der Waals surface area contributed by atoms with Crippen molar-refractivity contribution in [3.63, 3.8) is 0 Å². The molecule has 2 N–H and O–H groups in total. The molecule has 1 aromatic heterocycles. The molecule has 1 aliphatic rings. The van der Waals surface area contributed by atoms with Crippen molar-refractivity contribution in [3.05, 3.63) is 65.6 Å². The number of aromatic nitrogens is 1. The van der Waals surface area contributed by atoms with E-state index in [-0.39, 0.29) is 17.2 Å². The van der Waals surface area contributed by atoms with E-state index in [9.17, 15) is 18.7 Å². The van der Waals surface area contributed by atoms with Crippen LogP contribution >= 0.6 is 0 Å². The molecule has 0 amide bonds. The van der Waals surface area contributed by atoms with Crippen LogP contribution in [0.15, 0.2) is 48.9 Å². The van der Waals surface area contributed by atoms with E-state index in [1.54, 1.807) is 18.3 Å². The number of hydrogen-bond donors (Lipinski definition) is 2. The second-order valence-corrected chi connectivity index (χ2v) is 5.97. The molecule has 26 heavy (non-hydrogen) atoms. The molecule has 1 atom stereocenters. The Balaban J connectivity index is 1.74. The maximum absolute atomic E-state index is 12.4. The lowest BCUT2D eigenvalue weighted by molar-refractivity contribution is -0.0499. The van der Waals surface area contributed by atoms with Gasteiger partial charge in [0, 0.05) is 12.1 Å². The summed E-state index contributed by atoms with van der Waals surface area (Å²) in [4.78, 5) is 15.1. The predicted octanol–water partition coefficient (Wildman–Crippen LogP) is 4.43. The van der Waals surface area contributed by atoms with Crippen LogP contribution in [0.25, 0.3) is 0 Å². The van der Waals surface area contributed by atoms with Crippen molar-refractivity contribution in [2.75, 3.05) is 5.32 Å². The smallest absolute Gasteiger partial charge is 0.387 e. The molecule has 0 saturated carbocycles. The van der Waals surface area contributed by atoms with E-state index >= 15 is 0 Å². The fourth-order valence-electron chi connectivity index (χ4n) is 3.15. The van der Waals surface area contributed by atoms with Gasteiger partial charge in [-0.15, -0.1) is 0 Å². The molecule has 1 heterocycles. The Hall–Kier alpha value is -2.96. The van der Waals surface area contributed by atoms with Gasteiger partial charge in [-0.25, -0.2) is 4.79 Å². The van der Waals surface area contributed by atoms with Gasteiger partial charge in [-0.3, -0.25) is 4.98 Å². The van der Waals surface area contributed by atoms with Crippen LogP contribution in [0.5, 0.6) is 5.75 Å². The fourth-order valence-corrected chi connectivity index (χ4v) is 3.15. The van der Waals surface area contributed by atoms with Crippen LogP contribution in [0, 0.1) is 0 Å². The van der Waals surface area contributed by atoms with E-state index in [1.807, 2.05) is 12.1 Å². The van der Waals surface area contributed by atoms with Gasteiger partial charge < -0.3 is 15.2 Å². The SMILES string of the molecule is O=C(O)c1ccncc1N/C=C/C1CCCc2cc(OC(F)F)ccc21. The van der Waals surface area contributed by atoms with Gasteiger partial charge in [-0.1, -0.05) is 12.1 Å². The minimum absolute atomic E-state index is 0.122. The van der Waals surface area contributed by atoms with E-state index in [0.29, 0.717) is 5.69 Å². The summed E-state index contributed by atoms with van der Waals surface area (Å²) in [6.45, 7) is -2.83. The predicted molar refractivity (Wildman–Crippen MR) is 92.7 cm³/mol. The van der Waals surface area contributed by atoms with E-state index < -0.39 is 12.6 Å². The fraction of sp³-hybridized carbons (Fsp3) is 0.263. The number of aryl methyl sites for hydroxylation is 1. The normalized spacial score (nSPS) is 16.5. The van der Waals surface area contributed by atoms with Crippen molar-refractivity contribution in [1.29, 1.82) is 0 Å². The number of nitrogens with zero attached hydrogens (tertiary/aromatic N) is 1. The number of alkyl halides is 2. The van der Waals surface area contributed by atoms with Gasteiger partial charge in [0.05, 0.1) is 17.4 Å². The summed E-state index contributed by atoms with van der Waals surface area (Å²) in [6, 6.07) is 6.46. The lowest BCUT2D eigenvalue weighted by Gasteiger charge is -2.23. The van der Waals surface area contributed by atoms with Gasteiger partial charge in [0.25, 0.3) is 0 Å². The van der Waals surface area contributed by atoms with Gasteiger partial charge in [-0.2, -0.15) is 8.78 Å². The van der Waals surface area contributed by atoms with Crippen molar-refractivity contribution in [3.8, 4) is 5.75 Å². The first-order chi connectivity index (χ1) is 12.5. The molecule has 1 aliphatic carbocycles. The zero-order valence-electron chi connectivity index (χ0n) is 13.9. The number of nitrogens with one attached hydrogen (secondary N) is 1. The van der Waals surface area contributed by atoms with E-state index in [1.165, 1.54) is 18.5 Å². The molecule has 0 fully saturated rings. The number of carbonyl (C=O) groups is 1. The number of hydrogen-bond acceptors (Lipinski definition) is 4. The summed E-state index contributed by atoms with van der Waals surface area (Å²) in [6.07, 6.45) is 9.22. The Bertz CT molecular complexity index is 824. The third kappa shape index (κ3) is 4.17. The number of fused-ring (bicyclic) bond motifs is 1. The Morgan fingerprint density at radius 2 is 2.23 bits per heavy atom. The van der Waals surface area contributed by atoms with Gasteiger partial charge in [-0.05, 0) is 54.8 Å². The Labute approximate surface area is 149 Å². The highest BCUT2D eigenvalue weighted by molar-refractivity contribution is 5.94. The standard InChI is InChI=1S/C19H18F2N2O3/c20-19(21)26-14-4-5-15-12(2-1-3-13(15)10-14)6-9-23-17-11-22-8-7-16(17)18(24)25/h4-12,19,23H,1-3H2,(H,24,25)/b9-6+. The Kier molecular flexibility index (Phi) is 5.46. The van der Waals surface area contributed by atoms with E-state index in [2.05, 4.69) is 15.0 Å². The number of anilines is 1. The van der Waals surface area contributed by atoms with Crippen molar-refractivity contribution < 1.29 is 23.4 Å². The van der Waals surface area contributed by atoms with Crippen LogP contribution in [-0.2, 0) is 6.42 Å². The lowest BCUT2D eigenvalue weighted by Crippen LogP contribution is -2.10. The number of carboxylic acids is 1. The number of rotatable bonds is 6. The summed E-state index contributed by atoms with van der Waals surface area (Å²) in [5.74, 6) is -0.738. The van der Waals surface area contributed by atoms with Crippen molar-refractivity contribution >= 4 is 11.7 Å². The Morgan fingerprint density at radius 1 is 1.38 bits per heavy atom. The first kappa shape index (κ1) is 17.8. The molecule has 0 aliphatic heterocycles. The van der Waals surface area contributed by atoms with Crippen LogP contribution in [-0.4, -0.2) is 22.7 Å². The van der Waals surface area contributed by atoms with Crippen LogP contribution < -0.4 is 10.1 Å². The molecule has 5 nitrogen and oxygen atoms in total.